The fourth-order valence-corrected chi connectivity index (χ4v) is 4.36. The molecule has 3 aromatic rings. The maximum atomic E-state index is 13.1. The van der Waals surface area contributed by atoms with Gasteiger partial charge in [0.15, 0.2) is 0 Å². The predicted molar refractivity (Wildman–Crippen MR) is 147 cm³/mol. The van der Waals surface area contributed by atoms with Crippen LogP contribution in [0.4, 0.5) is 17.1 Å². The van der Waals surface area contributed by atoms with Gasteiger partial charge in [-0.05, 0) is 60.9 Å². The Labute approximate surface area is 229 Å². The number of ether oxygens (including phenoxy) is 1. The number of nitrogens with one attached hydrogen (secondary N) is 2. The number of hydrogen-bond donors (Lipinski definition) is 2. The van der Waals surface area contributed by atoms with Crippen LogP contribution in [0.3, 0.4) is 0 Å². The number of halogens is 3. The summed E-state index contributed by atoms with van der Waals surface area (Å²) in [6.07, 6.45) is 0.105. The highest BCUT2D eigenvalue weighted by molar-refractivity contribution is 6.53. The molecule has 1 aliphatic rings. The average molecular weight is 559 g/mol. The number of amides is 3. The van der Waals surface area contributed by atoms with Crippen molar-refractivity contribution in [2.75, 3.05) is 22.6 Å². The van der Waals surface area contributed by atoms with E-state index in [1.807, 2.05) is 6.92 Å². The van der Waals surface area contributed by atoms with Crippen LogP contribution in [0.1, 0.15) is 16.7 Å². The van der Waals surface area contributed by atoms with Crippen molar-refractivity contribution >= 4 is 69.6 Å². The number of carbonyl (C=O) groups excluding carboxylic acids is 3. The summed E-state index contributed by atoms with van der Waals surface area (Å²) in [6.45, 7) is 3.56. The minimum absolute atomic E-state index is 0.0401. The Bertz CT molecular complexity index is 1450. The molecular formula is C27H22Cl3N3O4. The first-order valence-electron chi connectivity index (χ1n) is 11.1. The molecule has 190 valence electrons. The number of methoxy groups -OCH3 is 1. The van der Waals surface area contributed by atoms with E-state index in [4.69, 9.17) is 39.5 Å². The fourth-order valence-electron chi connectivity index (χ4n) is 3.83. The molecule has 3 amide bonds. The van der Waals surface area contributed by atoms with E-state index >= 15 is 0 Å². The maximum absolute atomic E-state index is 13.1. The third-order valence-electron chi connectivity index (χ3n) is 5.85. The SMILES string of the molecule is COc1cc(Cl)c(C)cc1NC(=O)Cc1ccc(NC2=C(Cl)C(=O)N(c3cccc(Cl)c3C)C2=O)cc1. The minimum Gasteiger partial charge on any atom is -0.495 e. The first-order chi connectivity index (χ1) is 17.6. The number of rotatable bonds is 7. The Balaban J connectivity index is 1.45. The summed E-state index contributed by atoms with van der Waals surface area (Å²) in [5, 5.41) is 6.51. The van der Waals surface area contributed by atoms with E-state index in [0.717, 1.165) is 16.0 Å². The van der Waals surface area contributed by atoms with Gasteiger partial charge < -0.3 is 15.4 Å². The molecule has 0 radical (unpaired) electrons. The molecule has 37 heavy (non-hydrogen) atoms. The Hall–Kier alpha value is -3.52. The van der Waals surface area contributed by atoms with Crippen LogP contribution < -0.4 is 20.3 Å². The molecule has 0 fully saturated rings. The molecule has 7 nitrogen and oxygen atoms in total. The van der Waals surface area contributed by atoms with Crippen LogP contribution in [-0.2, 0) is 20.8 Å². The van der Waals surface area contributed by atoms with Crippen molar-refractivity contribution in [3.8, 4) is 5.75 Å². The molecule has 0 aromatic heterocycles. The zero-order chi connectivity index (χ0) is 26.9. The highest BCUT2D eigenvalue weighted by Gasteiger charge is 2.39. The number of nitrogens with zero attached hydrogens (tertiary/aromatic N) is 1. The Morgan fingerprint density at radius 1 is 0.946 bits per heavy atom. The van der Waals surface area contributed by atoms with E-state index in [2.05, 4.69) is 10.6 Å². The van der Waals surface area contributed by atoms with E-state index < -0.39 is 11.8 Å². The van der Waals surface area contributed by atoms with Crippen molar-refractivity contribution in [2.45, 2.75) is 20.3 Å². The van der Waals surface area contributed by atoms with Gasteiger partial charge in [0, 0.05) is 21.8 Å². The molecule has 0 bridgehead atoms. The summed E-state index contributed by atoms with van der Waals surface area (Å²) in [4.78, 5) is 39.4. The number of imide groups is 1. The maximum Gasteiger partial charge on any atom is 0.283 e. The number of anilines is 3. The Kier molecular flexibility index (Phi) is 7.78. The molecule has 0 aliphatic carbocycles. The van der Waals surface area contributed by atoms with Gasteiger partial charge in [0.2, 0.25) is 5.91 Å². The quantitative estimate of drug-likeness (QED) is 0.335. The van der Waals surface area contributed by atoms with Gasteiger partial charge in [-0.1, -0.05) is 53.0 Å². The molecule has 2 N–H and O–H groups in total. The summed E-state index contributed by atoms with van der Waals surface area (Å²) in [5.41, 5.74) is 3.51. The molecule has 4 rings (SSSR count). The summed E-state index contributed by atoms with van der Waals surface area (Å²) in [7, 11) is 1.50. The minimum atomic E-state index is -0.638. The second-order valence-corrected chi connectivity index (χ2v) is 9.56. The van der Waals surface area contributed by atoms with Crippen molar-refractivity contribution < 1.29 is 19.1 Å². The van der Waals surface area contributed by atoms with E-state index in [1.54, 1.807) is 61.5 Å². The van der Waals surface area contributed by atoms with E-state index in [9.17, 15) is 14.4 Å². The zero-order valence-electron chi connectivity index (χ0n) is 20.1. The molecule has 0 atom stereocenters. The molecule has 1 heterocycles. The zero-order valence-corrected chi connectivity index (χ0v) is 22.4. The lowest BCUT2D eigenvalue weighted by Gasteiger charge is -2.18. The molecule has 1 aliphatic heterocycles. The topological polar surface area (TPSA) is 87.7 Å². The van der Waals surface area contributed by atoms with Gasteiger partial charge in [-0.25, -0.2) is 4.90 Å². The van der Waals surface area contributed by atoms with Gasteiger partial charge in [0.05, 0.1) is 24.9 Å². The van der Waals surface area contributed by atoms with Gasteiger partial charge >= 0.3 is 0 Å². The number of hydrogen-bond acceptors (Lipinski definition) is 5. The van der Waals surface area contributed by atoms with Gasteiger partial charge in [0.1, 0.15) is 16.5 Å². The van der Waals surface area contributed by atoms with Crippen molar-refractivity contribution in [3.05, 3.63) is 92.1 Å². The molecular weight excluding hydrogens is 537 g/mol. The van der Waals surface area contributed by atoms with E-state index in [0.29, 0.717) is 38.4 Å². The van der Waals surface area contributed by atoms with Crippen LogP contribution in [-0.4, -0.2) is 24.8 Å². The number of carbonyl (C=O) groups is 3. The Morgan fingerprint density at radius 2 is 1.65 bits per heavy atom. The van der Waals surface area contributed by atoms with Gasteiger partial charge in [-0.15, -0.1) is 0 Å². The Morgan fingerprint density at radius 3 is 2.32 bits per heavy atom. The second-order valence-electron chi connectivity index (χ2n) is 8.37. The van der Waals surface area contributed by atoms with Gasteiger partial charge in [-0.3, -0.25) is 14.4 Å². The van der Waals surface area contributed by atoms with Crippen molar-refractivity contribution in [2.24, 2.45) is 0 Å². The number of benzene rings is 3. The lowest BCUT2D eigenvalue weighted by atomic mass is 10.1. The van der Waals surface area contributed by atoms with E-state index in [1.165, 1.54) is 7.11 Å². The van der Waals surface area contributed by atoms with Crippen molar-refractivity contribution in [3.63, 3.8) is 0 Å². The van der Waals surface area contributed by atoms with Crippen molar-refractivity contribution in [1.29, 1.82) is 0 Å². The first kappa shape index (κ1) is 26.5. The van der Waals surface area contributed by atoms with Gasteiger partial charge in [-0.2, -0.15) is 0 Å². The monoisotopic (exact) mass is 557 g/mol. The average Bonchev–Trinajstić information content (AvgIpc) is 3.07. The third-order valence-corrected chi connectivity index (χ3v) is 7.02. The highest BCUT2D eigenvalue weighted by atomic mass is 35.5. The molecule has 0 unspecified atom stereocenters. The summed E-state index contributed by atoms with van der Waals surface area (Å²) >= 11 is 18.5. The van der Waals surface area contributed by atoms with Crippen molar-refractivity contribution in [1.82, 2.24) is 0 Å². The predicted octanol–water partition coefficient (Wildman–Crippen LogP) is 6.24. The third kappa shape index (κ3) is 5.44. The van der Waals surface area contributed by atoms with Crippen LogP contribution in [0.15, 0.2) is 65.3 Å². The standard InChI is InChI=1S/C27H22Cl3N3O4/c1-14-11-20(22(37-3)13-19(14)29)32-23(34)12-16-7-9-17(10-8-16)31-25-24(30)26(35)33(27(25)36)21-6-4-5-18(28)15(21)2/h4-11,13,31H,12H2,1-3H3,(H,32,34). The lowest BCUT2D eigenvalue weighted by Crippen LogP contribution is -2.32. The molecule has 0 saturated heterocycles. The summed E-state index contributed by atoms with van der Waals surface area (Å²) < 4.78 is 5.30. The first-order valence-corrected chi connectivity index (χ1v) is 12.3. The largest absolute Gasteiger partial charge is 0.495 e. The van der Waals surface area contributed by atoms with Crippen LogP contribution in [0.2, 0.25) is 10.0 Å². The molecule has 10 heteroatoms. The van der Waals surface area contributed by atoms with Crippen LogP contribution in [0.5, 0.6) is 5.75 Å². The number of aryl methyl sites for hydroxylation is 1. The fraction of sp³-hybridized carbons (Fsp3) is 0.148. The molecule has 0 saturated carbocycles. The van der Waals surface area contributed by atoms with Crippen LogP contribution in [0, 0.1) is 13.8 Å². The lowest BCUT2D eigenvalue weighted by molar-refractivity contribution is -0.120. The normalized spacial score (nSPS) is 13.3. The summed E-state index contributed by atoms with van der Waals surface area (Å²) in [6, 6.07) is 15.2. The van der Waals surface area contributed by atoms with E-state index in [-0.39, 0.29) is 23.1 Å². The second kappa shape index (κ2) is 10.8. The van der Waals surface area contributed by atoms with Crippen LogP contribution in [0.25, 0.3) is 0 Å². The molecule has 0 spiro atoms. The van der Waals surface area contributed by atoms with Crippen LogP contribution >= 0.6 is 34.8 Å². The van der Waals surface area contributed by atoms with Gasteiger partial charge in [0.25, 0.3) is 11.8 Å². The summed E-state index contributed by atoms with van der Waals surface area (Å²) in [5.74, 6) is -1.00. The highest BCUT2D eigenvalue weighted by Crippen LogP contribution is 2.34. The smallest absolute Gasteiger partial charge is 0.283 e. The molecule has 3 aromatic carbocycles.